The van der Waals surface area contributed by atoms with Crippen LogP contribution in [0.5, 0.6) is 0 Å². The van der Waals surface area contributed by atoms with Crippen molar-refractivity contribution in [3.63, 3.8) is 0 Å². The van der Waals surface area contributed by atoms with Crippen molar-refractivity contribution < 1.29 is 4.42 Å². The van der Waals surface area contributed by atoms with Crippen molar-refractivity contribution >= 4 is 0 Å². The van der Waals surface area contributed by atoms with Gasteiger partial charge in [0.25, 0.3) is 0 Å². The number of benzene rings is 1. The van der Waals surface area contributed by atoms with Crippen LogP contribution in [0, 0.1) is 0 Å². The van der Waals surface area contributed by atoms with Crippen LogP contribution in [0.4, 0.5) is 0 Å². The number of oxazole rings is 1. The summed E-state index contributed by atoms with van der Waals surface area (Å²) in [6.45, 7) is 4.06. The first-order chi connectivity index (χ1) is 9.93. The molecule has 0 bridgehead atoms. The highest BCUT2D eigenvalue weighted by atomic mass is 16.3. The number of nitrogens with one attached hydrogen (secondary N) is 1. The Labute approximate surface area is 119 Å². The Bertz CT molecular complexity index is 492. The number of hydrogen-bond donors (Lipinski definition) is 1. The minimum atomic E-state index is 0.446. The first-order valence-corrected chi connectivity index (χ1v) is 7.30. The maximum Gasteiger partial charge on any atom is 0.180 e. The van der Waals surface area contributed by atoms with Crippen LogP contribution >= 0.6 is 0 Å². The van der Waals surface area contributed by atoms with Crippen molar-refractivity contribution in [2.24, 2.45) is 0 Å². The smallest absolute Gasteiger partial charge is 0.180 e. The lowest BCUT2D eigenvalue weighted by molar-refractivity contribution is 0.237. The average Bonchev–Trinajstić information content (AvgIpc) is 3.18. The molecule has 0 spiro atoms. The first kappa shape index (κ1) is 13.3. The van der Waals surface area contributed by atoms with E-state index >= 15 is 0 Å². The van der Waals surface area contributed by atoms with E-state index in [4.69, 9.17) is 4.42 Å². The highest BCUT2D eigenvalue weighted by Crippen LogP contribution is 2.24. The fourth-order valence-corrected chi connectivity index (χ4v) is 2.85. The number of rotatable bonds is 6. The van der Waals surface area contributed by atoms with Gasteiger partial charge >= 0.3 is 0 Å². The maximum atomic E-state index is 5.26. The zero-order chi connectivity index (χ0) is 13.6. The summed E-state index contributed by atoms with van der Waals surface area (Å²) in [5.74, 6) is 0.887. The standard InChI is InChI=1S/C16H21N3O/c1-2-6-14(7-3-1)16(19-8-4-5-9-19)12-17-10-15-11-18-13-20-15/h1-3,6-7,11,13,16-17H,4-5,8-10,12H2. The topological polar surface area (TPSA) is 41.3 Å². The van der Waals surface area contributed by atoms with Crippen LogP contribution in [0.25, 0.3) is 0 Å². The van der Waals surface area contributed by atoms with E-state index in [0.29, 0.717) is 6.04 Å². The monoisotopic (exact) mass is 271 g/mol. The van der Waals surface area contributed by atoms with Gasteiger partial charge in [-0.3, -0.25) is 4.90 Å². The Morgan fingerprint density at radius 2 is 2.00 bits per heavy atom. The predicted octanol–water partition coefficient (Wildman–Crippen LogP) is 2.60. The minimum Gasteiger partial charge on any atom is -0.447 e. The molecule has 1 fully saturated rings. The fourth-order valence-electron chi connectivity index (χ4n) is 2.85. The number of likely N-dealkylation sites (tertiary alicyclic amines) is 1. The fraction of sp³-hybridized carbons (Fsp3) is 0.438. The Kier molecular flexibility index (Phi) is 4.46. The van der Waals surface area contributed by atoms with Crippen LogP contribution in [-0.2, 0) is 6.54 Å². The third-order valence-corrected chi connectivity index (χ3v) is 3.89. The lowest BCUT2D eigenvalue weighted by atomic mass is 10.1. The molecule has 1 unspecified atom stereocenters. The van der Waals surface area contributed by atoms with E-state index in [0.717, 1.165) is 18.8 Å². The summed E-state index contributed by atoms with van der Waals surface area (Å²) in [5.41, 5.74) is 1.39. The second kappa shape index (κ2) is 6.68. The van der Waals surface area contributed by atoms with Crippen molar-refractivity contribution in [3.8, 4) is 0 Å². The van der Waals surface area contributed by atoms with E-state index in [1.165, 1.54) is 37.9 Å². The van der Waals surface area contributed by atoms with Crippen LogP contribution in [-0.4, -0.2) is 29.5 Å². The van der Waals surface area contributed by atoms with Gasteiger partial charge in [0.2, 0.25) is 0 Å². The molecule has 1 saturated heterocycles. The molecular weight excluding hydrogens is 250 g/mol. The maximum absolute atomic E-state index is 5.26. The van der Waals surface area contributed by atoms with Gasteiger partial charge in [0.1, 0.15) is 5.76 Å². The third kappa shape index (κ3) is 3.26. The van der Waals surface area contributed by atoms with Gasteiger partial charge in [-0.15, -0.1) is 0 Å². The molecule has 0 amide bonds. The molecule has 1 aliphatic heterocycles. The Morgan fingerprint density at radius 3 is 2.70 bits per heavy atom. The van der Waals surface area contributed by atoms with Crippen molar-refractivity contribution in [1.82, 2.24) is 15.2 Å². The zero-order valence-electron chi connectivity index (χ0n) is 11.7. The second-order valence-electron chi connectivity index (χ2n) is 5.27. The summed E-state index contributed by atoms with van der Waals surface area (Å²) in [4.78, 5) is 6.51. The highest BCUT2D eigenvalue weighted by molar-refractivity contribution is 5.19. The van der Waals surface area contributed by atoms with E-state index in [9.17, 15) is 0 Å². The van der Waals surface area contributed by atoms with Gasteiger partial charge in [0.05, 0.1) is 12.7 Å². The van der Waals surface area contributed by atoms with Crippen molar-refractivity contribution in [2.75, 3.05) is 19.6 Å². The molecule has 0 aliphatic carbocycles. The van der Waals surface area contributed by atoms with Crippen LogP contribution in [0.1, 0.15) is 30.2 Å². The molecule has 2 heterocycles. The summed E-state index contributed by atoms with van der Waals surface area (Å²) >= 11 is 0. The van der Waals surface area contributed by atoms with Gasteiger partial charge < -0.3 is 9.73 Å². The Balaban J connectivity index is 1.63. The molecule has 1 atom stereocenters. The molecule has 1 aromatic heterocycles. The second-order valence-corrected chi connectivity index (χ2v) is 5.27. The van der Waals surface area contributed by atoms with Gasteiger partial charge in [0.15, 0.2) is 6.39 Å². The van der Waals surface area contributed by atoms with E-state index in [1.807, 2.05) is 0 Å². The Morgan fingerprint density at radius 1 is 1.20 bits per heavy atom. The summed E-state index contributed by atoms with van der Waals surface area (Å²) in [6.07, 6.45) is 5.86. The van der Waals surface area contributed by atoms with Gasteiger partial charge in [0, 0.05) is 12.6 Å². The molecule has 1 aliphatic rings. The van der Waals surface area contributed by atoms with Crippen LogP contribution in [0.3, 0.4) is 0 Å². The van der Waals surface area contributed by atoms with Gasteiger partial charge in [-0.2, -0.15) is 0 Å². The summed E-state index contributed by atoms with van der Waals surface area (Å²) in [6, 6.07) is 11.2. The molecule has 20 heavy (non-hydrogen) atoms. The van der Waals surface area contributed by atoms with Crippen LogP contribution < -0.4 is 5.32 Å². The molecule has 1 aromatic carbocycles. The first-order valence-electron chi connectivity index (χ1n) is 7.30. The number of hydrogen-bond acceptors (Lipinski definition) is 4. The quantitative estimate of drug-likeness (QED) is 0.877. The lowest BCUT2D eigenvalue weighted by Crippen LogP contribution is -2.33. The molecule has 4 heteroatoms. The summed E-state index contributed by atoms with van der Waals surface area (Å²) in [5, 5.41) is 3.49. The minimum absolute atomic E-state index is 0.446. The van der Waals surface area contributed by atoms with E-state index in [2.05, 4.69) is 45.5 Å². The molecule has 0 radical (unpaired) electrons. The lowest BCUT2D eigenvalue weighted by Gasteiger charge is -2.28. The largest absolute Gasteiger partial charge is 0.447 e. The molecule has 2 aromatic rings. The SMILES string of the molecule is c1ccc(C(CNCc2cnco2)N2CCCC2)cc1. The van der Waals surface area contributed by atoms with Gasteiger partial charge in [-0.25, -0.2) is 4.98 Å². The Hall–Kier alpha value is -1.65. The van der Waals surface area contributed by atoms with Crippen LogP contribution in [0.2, 0.25) is 0 Å². The molecular formula is C16H21N3O. The normalized spacial score (nSPS) is 17.4. The molecule has 3 rings (SSSR count). The average molecular weight is 271 g/mol. The molecule has 4 nitrogen and oxygen atoms in total. The third-order valence-electron chi connectivity index (χ3n) is 3.89. The van der Waals surface area contributed by atoms with Crippen LogP contribution in [0.15, 0.2) is 47.3 Å². The molecule has 1 N–H and O–H groups in total. The summed E-state index contributed by atoms with van der Waals surface area (Å²) < 4.78 is 5.26. The van der Waals surface area contributed by atoms with E-state index in [1.54, 1.807) is 6.20 Å². The number of aromatic nitrogens is 1. The summed E-state index contributed by atoms with van der Waals surface area (Å²) in [7, 11) is 0. The predicted molar refractivity (Wildman–Crippen MR) is 78.2 cm³/mol. The molecule has 0 saturated carbocycles. The van der Waals surface area contributed by atoms with Crippen molar-refractivity contribution in [2.45, 2.75) is 25.4 Å². The van der Waals surface area contributed by atoms with E-state index in [-0.39, 0.29) is 0 Å². The van der Waals surface area contributed by atoms with Gasteiger partial charge in [-0.05, 0) is 31.5 Å². The van der Waals surface area contributed by atoms with Gasteiger partial charge in [-0.1, -0.05) is 30.3 Å². The zero-order valence-corrected chi connectivity index (χ0v) is 11.7. The van der Waals surface area contributed by atoms with Crippen molar-refractivity contribution in [3.05, 3.63) is 54.2 Å². The number of nitrogens with zero attached hydrogens (tertiary/aromatic N) is 2. The van der Waals surface area contributed by atoms with Crippen molar-refractivity contribution in [1.29, 1.82) is 0 Å². The molecule has 106 valence electrons. The highest BCUT2D eigenvalue weighted by Gasteiger charge is 2.22. The van der Waals surface area contributed by atoms with E-state index < -0.39 is 0 Å².